The lowest BCUT2D eigenvalue weighted by atomic mass is 10.1. The highest BCUT2D eigenvalue weighted by Gasteiger charge is 1.90. The Morgan fingerprint density at radius 2 is 0.163 bits per heavy atom. The van der Waals surface area contributed by atoms with Crippen LogP contribution in [0.2, 0.25) is 0 Å². The van der Waals surface area contributed by atoms with Gasteiger partial charge in [-0.2, -0.15) is 0 Å². The van der Waals surface area contributed by atoms with Crippen molar-refractivity contribution in [1.29, 1.82) is 0 Å². The SMILES string of the molecule is CCCCCCCCC.CCCCCCCCCC.CCCCCCCCCC.CCCCCCCCCC.CCCCCCCCCC. The lowest BCUT2D eigenvalue weighted by Gasteiger charge is -1.97. The number of rotatable bonds is 34. The summed E-state index contributed by atoms with van der Waals surface area (Å²) in [7, 11) is 0. The highest BCUT2D eigenvalue weighted by Crippen LogP contribution is 2.10. The molecule has 0 saturated carbocycles. The Morgan fingerprint density at radius 1 is 0.102 bits per heavy atom. The minimum atomic E-state index is 1.37. The van der Waals surface area contributed by atoms with Crippen molar-refractivity contribution >= 4 is 0 Å². The number of hydrogen-bond donors (Lipinski definition) is 0. The van der Waals surface area contributed by atoms with Gasteiger partial charge in [-0.1, -0.05) is 320 Å². The highest BCUT2D eigenvalue weighted by atomic mass is 14.0. The van der Waals surface area contributed by atoms with Gasteiger partial charge in [0.25, 0.3) is 0 Å². The Morgan fingerprint density at radius 3 is 0.224 bits per heavy atom. The van der Waals surface area contributed by atoms with E-state index < -0.39 is 0 Å². The van der Waals surface area contributed by atoms with Gasteiger partial charge >= 0.3 is 0 Å². The monoisotopic (exact) mass is 697 g/mol. The third-order valence-corrected chi connectivity index (χ3v) is 9.54. The van der Waals surface area contributed by atoms with Crippen LogP contribution in [0.5, 0.6) is 0 Å². The second kappa shape index (κ2) is 69.7. The molecule has 0 heteroatoms. The quantitative estimate of drug-likeness (QED) is 0.0588. The minimum absolute atomic E-state index is 1.37. The molecule has 0 rings (SSSR count). The fraction of sp³-hybridized carbons (Fsp3) is 1.00. The molecule has 0 amide bonds. The molecule has 0 aliphatic carbocycles. The Balaban J connectivity index is -0.000000165. The summed E-state index contributed by atoms with van der Waals surface area (Å²) in [5, 5.41) is 0. The van der Waals surface area contributed by atoms with E-state index in [0.29, 0.717) is 0 Å². The first kappa shape index (κ1) is 58.3. The van der Waals surface area contributed by atoms with E-state index in [9.17, 15) is 0 Å². The van der Waals surface area contributed by atoms with E-state index in [2.05, 4.69) is 69.2 Å². The van der Waals surface area contributed by atoms with Gasteiger partial charge in [-0.25, -0.2) is 0 Å². The molecule has 0 radical (unpaired) electrons. The van der Waals surface area contributed by atoms with Crippen molar-refractivity contribution in [2.75, 3.05) is 0 Å². The van der Waals surface area contributed by atoms with E-state index in [1.807, 2.05) is 0 Å². The first-order chi connectivity index (χ1) is 24.1. The normalized spacial score (nSPS) is 10.2. The standard InChI is InChI=1S/4C10H22.C9H20/c4*1-3-5-7-9-10-8-6-4-2;1-3-5-7-9-8-6-4-2/h4*3-10H2,1-2H3;3-9H2,1-2H3. The molecule has 0 saturated heterocycles. The molecule has 0 unspecified atom stereocenters. The van der Waals surface area contributed by atoms with Crippen LogP contribution in [0.1, 0.15) is 320 Å². The molecule has 0 spiro atoms. The van der Waals surface area contributed by atoms with Crippen LogP contribution < -0.4 is 0 Å². The Kier molecular flexibility index (Phi) is 83.0. The zero-order chi connectivity index (χ0) is 37.6. The van der Waals surface area contributed by atoms with E-state index in [-0.39, 0.29) is 0 Å². The van der Waals surface area contributed by atoms with E-state index in [4.69, 9.17) is 0 Å². The zero-order valence-electron chi connectivity index (χ0n) is 37.6. The topological polar surface area (TPSA) is 0 Å². The summed E-state index contributed by atoms with van der Waals surface area (Å²) in [4.78, 5) is 0. The molecular formula is C49H108. The van der Waals surface area contributed by atoms with Crippen LogP contribution in [0, 0.1) is 0 Å². The van der Waals surface area contributed by atoms with E-state index >= 15 is 0 Å². The van der Waals surface area contributed by atoms with Crippen molar-refractivity contribution in [3.05, 3.63) is 0 Å². The molecule has 0 aromatic rings. The fourth-order valence-corrected chi connectivity index (χ4v) is 5.86. The van der Waals surface area contributed by atoms with E-state index in [0.717, 1.165) is 0 Å². The van der Waals surface area contributed by atoms with Gasteiger partial charge in [0.2, 0.25) is 0 Å². The van der Waals surface area contributed by atoms with Crippen molar-refractivity contribution in [3.8, 4) is 0 Å². The lowest BCUT2D eigenvalue weighted by molar-refractivity contribution is 0.585. The van der Waals surface area contributed by atoms with E-state index in [1.165, 1.54) is 250 Å². The predicted molar refractivity (Wildman–Crippen MR) is 237 cm³/mol. The Bertz CT molecular complexity index is 310. The minimum Gasteiger partial charge on any atom is -0.0654 e. The van der Waals surface area contributed by atoms with Crippen molar-refractivity contribution in [1.82, 2.24) is 0 Å². The molecule has 0 fully saturated rings. The van der Waals surface area contributed by atoms with Gasteiger partial charge in [0.15, 0.2) is 0 Å². The molecule has 0 N–H and O–H groups in total. The lowest BCUT2D eigenvalue weighted by Crippen LogP contribution is -1.77. The first-order valence-corrected chi connectivity index (χ1v) is 24.1. The molecule has 0 atom stereocenters. The maximum absolute atomic E-state index is 2.27. The van der Waals surface area contributed by atoms with Gasteiger partial charge in [-0.15, -0.1) is 0 Å². The summed E-state index contributed by atoms with van der Waals surface area (Å²) >= 11 is 0. The van der Waals surface area contributed by atoms with Gasteiger partial charge in [0, 0.05) is 0 Å². The molecule has 0 bridgehead atoms. The number of unbranched alkanes of at least 4 members (excludes halogenated alkanes) is 34. The second-order valence-electron chi connectivity index (χ2n) is 15.3. The van der Waals surface area contributed by atoms with Crippen molar-refractivity contribution in [2.45, 2.75) is 320 Å². The maximum atomic E-state index is 2.27. The third kappa shape index (κ3) is 87.9. The average molecular weight is 697 g/mol. The summed E-state index contributed by atoms with van der Waals surface area (Å²) in [5.74, 6) is 0. The summed E-state index contributed by atoms with van der Waals surface area (Å²) in [6, 6.07) is 0. The largest absolute Gasteiger partial charge is 0.0654 e. The van der Waals surface area contributed by atoms with Crippen LogP contribution in [0.15, 0.2) is 0 Å². The zero-order valence-corrected chi connectivity index (χ0v) is 37.6. The Hall–Kier alpha value is 0. The van der Waals surface area contributed by atoms with Crippen LogP contribution in [-0.2, 0) is 0 Å². The van der Waals surface area contributed by atoms with Gasteiger partial charge in [-0.3, -0.25) is 0 Å². The van der Waals surface area contributed by atoms with Gasteiger partial charge in [0.1, 0.15) is 0 Å². The maximum Gasteiger partial charge on any atom is -0.0533 e. The molecule has 0 heterocycles. The highest BCUT2D eigenvalue weighted by molar-refractivity contribution is 4.46. The van der Waals surface area contributed by atoms with Gasteiger partial charge in [-0.05, 0) is 0 Å². The third-order valence-electron chi connectivity index (χ3n) is 9.54. The summed E-state index contributed by atoms with van der Waals surface area (Å²) in [6.07, 6.45) is 55.8. The van der Waals surface area contributed by atoms with Crippen LogP contribution >= 0.6 is 0 Å². The van der Waals surface area contributed by atoms with Crippen molar-refractivity contribution in [2.24, 2.45) is 0 Å². The number of hydrogen-bond acceptors (Lipinski definition) is 0. The summed E-state index contributed by atoms with van der Waals surface area (Å²) in [5.41, 5.74) is 0. The van der Waals surface area contributed by atoms with Crippen LogP contribution in [-0.4, -0.2) is 0 Å². The molecule has 304 valence electrons. The molecule has 0 nitrogen and oxygen atoms in total. The second-order valence-corrected chi connectivity index (χ2v) is 15.3. The van der Waals surface area contributed by atoms with Crippen molar-refractivity contribution < 1.29 is 0 Å². The Labute approximate surface area is 318 Å². The van der Waals surface area contributed by atoms with Gasteiger partial charge < -0.3 is 0 Å². The molecular weight excluding hydrogens is 589 g/mol. The molecule has 0 aliphatic heterocycles. The summed E-state index contributed by atoms with van der Waals surface area (Å²) < 4.78 is 0. The molecule has 0 aliphatic rings. The van der Waals surface area contributed by atoms with E-state index in [1.54, 1.807) is 0 Å². The first-order valence-electron chi connectivity index (χ1n) is 24.1. The smallest absolute Gasteiger partial charge is 0.0533 e. The molecule has 0 aromatic carbocycles. The molecule has 0 aromatic heterocycles. The summed E-state index contributed by atoms with van der Waals surface area (Å²) in [6.45, 7) is 22.7. The van der Waals surface area contributed by atoms with Gasteiger partial charge in [0.05, 0.1) is 0 Å². The van der Waals surface area contributed by atoms with Crippen LogP contribution in [0.25, 0.3) is 0 Å². The average Bonchev–Trinajstić information content (AvgIpc) is 3.12. The fourth-order valence-electron chi connectivity index (χ4n) is 5.86. The van der Waals surface area contributed by atoms with Crippen LogP contribution in [0.4, 0.5) is 0 Å². The van der Waals surface area contributed by atoms with Crippen LogP contribution in [0.3, 0.4) is 0 Å². The van der Waals surface area contributed by atoms with Crippen molar-refractivity contribution in [3.63, 3.8) is 0 Å². The molecule has 49 heavy (non-hydrogen) atoms. The predicted octanol–water partition coefficient (Wildman–Crippen LogP) is 20.3.